The average molecular weight is 395 g/mol. The van der Waals surface area contributed by atoms with E-state index in [0.717, 1.165) is 21.2 Å². The highest BCUT2D eigenvalue weighted by molar-refractivity contribution is 8.68. The number of carbonyl (C=O) groups excluding carboxylic acids is 1. The van der Waals surface area contributed by atoms with Crippen molar-refractivity contribution in [3.63, 3.8) is 0 Å². The number of rotatable bonds is 9. The fourth-order valence-corrected chi connectivity index (χ4v) is 4.14. The van der Waals surface area contributed by atoms with E-state index in [4.69, 9.17) is 4.74 Å². The van der Waals surface area contributed by atoms with Crippen molar-refractivity contribution in [3.8, 4) is 5.75 Å². The minimum atomic E-state index is -0.932. The van der Waals surface area contributed by atoms with Crippen molar-refractivity contribution >= 4 is 50.1 Å². The summed E-state index contributed by atoms with van der Waals surface area (Å²) in [5.41, 5.74) is 3.58. The third-order valence-electron chi connectivity index (χ3n) is 2.91. The third kappa shape index (κ3) is 7.33. The van der Waals surface area contributed by atoms with E-state index in [1.165, 1.54) is 28.8 Å². The van der Waals surface area contributed by atoms with Gasteiger partial charge in [0.25, 0.3) is 0 Å². The zero-order chi connectivity index (χ0) is 18.1. The number of methoxy groups -OCH3 is 1. The second-order valence-electron chi connectivity index (χ2n) is 4.81. The molecule has 0 heterocycles. The summed E-state index contributed by atoms with van der Waals surface area (Å²) in [6, 6.07) is 14.9. The topological polar surface area (TPSA) is 67.8 Å². The molecule has 0 aromatic heterocycles. The fraction of sp³-hybridized carbons (Fsp3) is 0.176. The minimum Gasteiger partial charge on any atom is -0.497 e. The lowest BCUT2D eigenvalue weighted by atomic mass is 10.3. The second kappa shape index (κ2) is 10.3. The molecule has 2 aromatic rings. The first-order chi connectivity index (χ1) is 12.1. The Kier molecular flexibility index (Phi) is 8.03. The maximum atomic E-state index is 11.8. The zero-order valence-corrected chi connectivity index (χ0v) is 16.2. The molecule has 1 atom stereocenters. The Hall–Kier alpha value is -1.77. The van der Waals surface area contributed by atoms with Crippen LogP contribution in [0.25, 0.3) is 0 Å². The average Bonchev–Trinajstić information content (AvgIpc) is 2.61. The van der Waals surface area contributed by atoms with E-state index in [9.17, 15) is 9.00 Å². The van der Waals surface area contributed by atoms with Gasteiger partial charge in [-0.3, -0.25) is 10.2 Å². The van der Waals surface area contributed by atoms with Gasteiger partial charge in [-0.05, 0) is 59.3 Å². The van der Waals surface area contributed by atoms with Crippen LogP contribution in [0.15, 0.2) is 63.4 Å². The Morgan fingerprint density at radius 3 is 2.40 bits per heavy atom. The molecule has 1 unspecified atom stereocenters. The highest BCUT2D eigenvalue weighted by Gasteiger charge is 2.02. The molecular weight excluding hydrogens is 376 g/mol. The molecule has 0 bridgehead atoms. The van der Waals surface area contributed by atoms with Crippen LogP contribution in [0, 0.1) is 0 Å². The summed E-state index contributed by atoms with van der Waals surface area (Å²) in [5.74, 6) is 0.982. The lowest BCUT2D eigenvalue weighted by molar-refractivity contribution is -0.110. The van der Waals surface area contributed by atoms with Crippen molar-refractivity contribution in [3.05, 3.63) is 48.5 Å². The molecule has 0 saturated carbocycles. The van der Waals surface area contributed by atoms with Crippen LogP contribution in [0.4, 0.5) is 5.69 Å². The number of hydrogen-bond donors (Lipinski definition) is 1. The molecule has 132 valence electrons. The highest BCUT2D eigenvalue weighted by Crippen LogP contribution is 2.25. The van der Waals surface area contributed by atoms with E-state index in [-0.39, 0.29) is 5.78 Å². The molecule has 2 rings (SSSR count). The first kappa shape index (κ1) is 19.6. The maximum absolute atomic E-state index is 11.8. The summed E-state index contributed by atoms with van der Waals surface area (Å²) < 4.78 is 16.2. The van der Waals surface area contributed by atoms with E-state index < -0.39 is 9.83 Å². The first-order valence-electron chi connectivity index (χ1n) is 7.27. The van der Waals surface area contributed by atoms with Crippen LogP contribution in [0.5, 0.6) is 5.75 Å². The van der Waals surface area contributed by atoms with Crippen molar-refractivity contribution in [2.75, 3.05) is 24.5 Å². The number of ether oxygens (including phenoxy) is 1. The Labute approximate surface area is 157 Å². The third-order valence-corrected chi connectivity index (χ3v) is 5.93. The van der Waals surface area contributed by atoms with Gasteiger partial charge in [0, 0.05) is 16.0 Å². The Bertz CT molecular complexity index is 747. The van der Waals surface area contributed by atoms with Gasteiger partial charge in [0.05, 0.1) is 34.6 Å². The molecule has 0 saturated heterocycles. The van der Waals surface area contributed by atoms with Crippen molar-refractivity contribution in [2.24, 2.45) is 5.10 Å². The predicted molar refractivity (Wildman–Crippen MR) is 107 cm³/mol. The molecule has 0 spiro atoms. The van der Waals surface area contributed by atoms with Gasteiger partial charge in [-0.1, -0.05) is 0 Å². The van der Waals surface area contributed by atoms with Gasteiger partial charge in [0.15, 0.2) is 5.78 Å². The van der Waals surface area contributed by atoms with Crippen LogP contribution in [-0.4, -0.2) is 35.3 Å². The van der Waals surface area contributed by atoms with Crippen molar-refractivity contribution in [2.45, 2.75) is 9.79 Å². The normalized spacial score (nSPS) is 12.1. The standard InChI is InChI=1S/C17H18N2O3S3/c1-22-15-5-3-13(4-6-15)19-18-11-14(20)12-23-16-7-9-17(10-8-16)24-25(2)21/h3-11,19H,12H2,1-2H3. The Morgan fingerprint density at radius 1 is 1.16 bits per heavy atom. The number of Topliss-reactive ketones (excluding diaryl/α,β-unsaturated/α-hetero) is 1. The number of hydrazone groups is 1. The molecule has 0 radical (unpaired) electrons. The smallest absolute Gasteiger partial charge is 0.185 e. The summed E-state index contributed by atoms with van der Waals surface area (Å²) in [5, 5.41) is 3.94. The fourth-order valence-electron chi connectivity index (χ4n) is 1.76. The van der Waals surface area contributed by atoms with Crippen LogP contribution in [0.2, 0.25) is 0 Å². The van der Waals surface area contributed by atoms with Gasteiger partial charge in [0.2, 0.25) is 0 Å². The van der Waals surface area contributed by atoms with Crippen molar-refractivity contribution in [1.82, 2.24) is 0 Å². The monoisotopic (exact) mass is 394 g/mol. The molecule has 2 aromatic carbocycles. The van der Waals surface area contributed by atoms with Crippen LogP contribution in [0.1, 0.15) is 0 Å². The number of carbonyl (C=O) groups is 1. The summed E-state index contributed by atoms with van der Waals surface area (Å²) in [7, 11) is 1.98. The number of nitrogens with zero attached hydrogens (tertiary/aromatic N) is 1. The van der Waals surface area contributed by atoms with Crippen molar-refractivity contribution in [1.29, 1.82) is 0 Å². The number of anilines is 1. The van der Waals surface area contributed by atoms with Crippen LogP contribution >= 0.6 is 22.6 Å². The number of thioether (sulfide) groups is 1. The summed E-state index contributed by atoms with van der Waals surface area (Å²) in [6.07, 6.45) is 2.92. The van der Waals surface area contributed by atoms with Gasteiger partial charge >= 0.3 is 0 Å². The van der Waals surface area contributed by atoms with E-state index in [2.05, 4.69) is 10.5 Å². The number of ketones is 1. The largest absolute Gasteiger partial charge is 0.497 e. The molecule has 0 fully saturated rings. The van der Waals surface area contributed by atoms with Crippen LogP contribution < -0.4 is 10.2 Å². The van der Waals surface area contributed by atoms with Gasteiger partial charge < -0.3 is 4.74 Å². The predicted octanol–water partition coefficient (Wildman–Crippen LogP) is 3.84. The summed E-state index contributed by atoms with van der Waals surface area (Å²) >= 11 is 1.44. The van der Waals surface area contributed by atoms with Crippen LogP contribution in [-0.2, 0) is 14.6 Å². The van der Waals surface area contributed by atoms with Crippen LogP contribution in [0.3, 0.4) is 0 Å². The quantitative estimate of drug-likeness (QED) is 0.302. The summed E-state index contributed by atoms with van der Waals surface area (Å²) in [4.78, 5) is 13.8. The summed E-state index contributed by atoms with van der Waals surface area (Å²) in [6.45, 7) is 0. The van der Waals surface area contributed by atoms with E-state index >= 15 is 0 Å². The maximum Gasteiger partial charge on any atom is 0.185 e. The molecule has 8 heteroatoms. The highest BCUT2D eigenvalue weighted by atomic mass is 33.1. The second-order valence-corrected chi connectivity index (χ2v) is 9.21. The molecule has 0 aliphatic rings. The molecule has 0 aliphatic heterocycles. The van der Waals surface area contributed by atoms with Gasteiger partial charge in [-0.15, -0.1) is 11.8 Å². The zero-order valence-electron chi connectivity index (χ0n) is 13.8. The molecule has 1 N–H and O–H groups in total. The Morgan fingerprint density at radius 2 is 1.80 bits per heavy atom. The molecule has 0 aliphatic carbocycles. The number of hydrogen-bond acceptors (Lipinski definition) is 7. The molecule has 5 nitrogen and oxygen atoms in total. The SMILES string of the molecule is COc1ccc(NN=CC(=O)CSc2ccc(SS(C)=O)cc2)cc1. The minimum absolute atomic E-state index is 0.0841. The lowest BCUT2D eigenvalue weighted by Gasteiger charge is -2.02. The number of nitrogens with one attached hydrogen (secondary N) is 1. The Balaban J connectivity index is 1.76. The van der Waals surface area contributed by atoms with Gasteiger partial charge in [-0.25, -0.2) is 4.21 Å². The van der Waals surface area contributed by atoms with E-state index in [1.807, 2.05) is 48.5 Å². The first-order valence-corrected chi connectivity index (χ1v) is 11.1. The lowest BCUT2D eigenvalue weighted by Crippen LogP contribution is -2.04. The van der Waals surface area contributed by atoms with E-state index in [1.54, 1.807) is 13.4 Å². The molecule has 25 heavy (non-hydrogen) atoms. The molecular formula is C17H18N2O3S3. The van der Waals surface area contributed by atoms with Gasteiger partial charge in [0.1, 0.15) is 5.75 Å². The van der Waals surface area contributed by atoms with E-state index in [0.29, 0.717) is 5.75 Å². The number of benzene rings is 2. The van der Waals surface area contributed by atoms with Crippen molar-refractivity contribution < 1.29 is 13.7 Å². The molecule has 0 amide bonds. The van der Waals surface area contributed by atoms with Gasteiger partial charge in [-0.2, -0.15) is 5.10 Å².